The van der Waals surface area contributed by atoms with Crippen molar-refractivity contribution in [3.63, 3.8) is 0 Å². The van der Waals surface area contributed by atoms with E-state index < -0.39 is 5.54 Å². The fourth-order valence-electron chi connectivity index (χ4n) is 2.41. The van der Waals surface area contributed by atoms with E-state index in [9.17, 15) is 4.79 Å². The Morgan fingerprint density at radius 3 is 2.89 bits per heavy atom. The van der Waals surface area contributed by atoms with Crippen LogP contribution in [-0.4, -0.2) is 25.1 Å². The highest BCUT2D eigenvalue weighted by molar-refractivity contribution is 5.98. The zero-order chi connectivity index (χ0) is 13.0. The number of anilines is 1. The lowest BCUT2D eigenvalue weighted by Crippen LogP contribution is -2.50. The summed E-state index contributed by atoms with van der Waals surface area (Å²) in [5.41, 5.74) is 0.379. The smallest absolute Gasteiger partial charge is 0.244 e. The molecule has 0 spiro atoms. The molecule has 1 atom stereocenters. The summed E-state index contributed by atoms with van der Waals surface area (Å²) in [6.07, 6.45) is 2.77. The summed E-state index contributed by atoms with van der Waals surface area (Å²) in [7, 11) is 1.62. The number of carbonyl (C=O) groups excluding carboxylic acids is 1. The second-order valence-electron chi connectivity index (χ2n) is 4.65. The number of hydrogen-bond acceptors (Lipinski definition) is 3. The van der Waals surface area contributed by atoms with Gasteiger partial charge in [-0.25, -0.2) is 0 Å². The summed E-state index contributed by atoms with van der Waals surface area (Å²) in [5.74, 6) is 0.800. The van der Waals surface area contributed by atoms with Crippen LogP contribution in [0.4, 0.5) is 5.69 Å². The topological polar surface area (TPSA) is 50.4 Å². The van der Waals surface area contributed by atoms with Crippen LogP contribution in [0.25, 0.3) is 0 Å². The maximum absolute atomic E-state index is 12.4. The van der Waals surface area contributed by atoms with Crippen LogP contribution in [-0.2, 0) is 4.79 Å². The van der Waals surface area contributed by atoms with Crippen molar-refractivity contribution in [2.45, 2.75) is 31.7 Å². The molecule has 1 saturated heterocycles. The van der Waals surface area contributed by atoms with E-state index in [0.29, 0.717) is 0 Å². The first-order valence-electron chi connectivity index (χ1n) is 6.41. The molecule has 106 valence electrons. The van der Waals surface area contributed by atoms with Crippen molar-refractivity contribution in [2.24, 2.45) is 0 Å². The Morgan fingerprint density at radius 2 is 2.32 bits per heavy atom. The summed E-state index contributed by atoms with van der Waals surface area (Å²) in [4.78, 5) is 12.4. The summed E-state index contributed by atoms with van der Waals surface area (Å²) < 4.78 is 5.15. The van der Waals surface area contributed by atoms with Crippen LogP contribution < -0.4 is 15.4 Å². The summed E-state index contributed by atoms with van der Waals surface area (Å²) in [5, 5.41) is 6.29. The van der Waals surface area contributed by atoms with Gasteiger partial charge in [0.15, 0.2) is 0 Å². The Morgan fingerprint density at radius 1 is 1.53 bits per heavy atom. The molecule has 0 bridgehead atoms. The molecule has 1 amide bonds. The van der Waals surface area contributed by atoms with Crippen molar-refractivity contribution in [3.05, 3.63) is 24.3 Å². The van der Waals surface area contributed by atoms with E-state index >= 15 is 0 Å². The van der Waals surface area contributed by atoms with Crippen LogP contribution in [0.3, 0.4) is 0 Å². The minimum Gasteiger partial charge on any atom is -0.497 e. The molecule has 2 rings (SSSR count). The highest BCUT2D eigenvalue weighted by atomic mass is 35.5. The second-order valence-corrected chi connectivity index (χ2v) is 4.65. The molecule has 1 aromatic carbocycles. The Labute approximate surface area is 120 Å². The third kappa shape index (κ3) is 3.39. The predicted octanol–water partition coefficient (Wildman–Crippen LogP) is 2.59. The van der Waals surface area contributed by atoms with Crippen LogP contribution >= 0.6 is 12.4 Å². The average molecular weight is 285 g/mol. The average Bonchev–Trinajstić information content (AvgIpc) is 2.89. The molecule has 1 aliphatic rings. The third-order valence-corrected chi connectivity index (χ3v) is 3.61. The molecular weight excluding hydrogens is 264 g/mol. The molecule has 0 aliphatic carbocycles. The number of hydrogen-bond donors (Lipinski definition) is 2. The van der Waals surface area contributed by atoms with Gasteiger partial charge in [-0.3, -0.25) is 4.79 Å². The SMILES string of the molecule is CCC1(C(=O)Nc2cccc(OC)c2)CCCN1.Cl. The molecule has 0 saturated carbocycles. The normalized spacial score (nSPS) is 21.6. The van der Waals surface area contributed by atoms with Crippen molar-refractivity contribution in [3.8, 4) is 5.75 Å². The van der Waals surface area contributed by atoms with Gasteiger partial charge in [0.05, 0.1) is 12.6 Å². The maximum Gasteiger partial charge on any atom is 0.244 e. The minimum atomic E-state index is -0.400. The number of ether oxygens (including phenoxy) is 1. The number of methoxy groups -OCH3 is 1. The number of benzene rings is 1. The molecule has 19 heavy (non-hydrogen) atoms. The molecule has 1 unspecified atom stereocenters. The van der Waals surface area contributed by atoms with Crippen LogP contribution in [0.5, 0.6) is 5.75 Å². The zero-order valence-corrected chi connectivity index (χ0v) is 12.2. The van der Waals surface area contributed by atoms with Gasteiger partial charge in [-0.15, -0.1) is 12.4 Å². The molecule has 1 heterocycles. The molecule has 1 fully saturated rings. The molecule has 1 aromatic rings. The van der Waals surface area contributed by atoms with Gasteiger partial charge in [0.2, 0.25) is 5.91 Å². The monoisotopic (exact) mass is 284 g/mol. The van der Waals surface area contributed by atoms with Crippen LogP contribution in [0.2, 0.25) is 0 Å². The van der Waals surface area contributed by atoms with Crippen molar-refractivity contribution >= 4 is 24.0 Å². The first-order chi connectivity index (χ1) is 8.70. The van der Waals surface area contributed by atoms with E-state index in [1.165, 1.54) is 0 Å². The molecule has 4 nitrogen and oxygen atoms in total. The largest absolute Gasteiger partial charge is 0.497 e. The number of rotatable bonds is 4. The Kier molecular flexibility index (Phi) is 5.63. The Hall–Kier alpha value is -1.26. The van der Waals surface area contributed by atoms with Gasteiger partial charge in [-0.2, -0.15) is 0 Å². The first kappa shape index (κ1) is 15.8. The van der Waals surface area contributed by atoms with Crippen molar-refractivity contribution in [1.29, 1.82) is 0 Å². The van der Waals surface area contributed by atoms with Crippen LogP contribution in [0, 0.1) is 0 Å². The van der Waals surface area contributed by atoms with E-state index in [-0.39, 0.29) is 18.3 Å². The summed E-state index contributed by atoms with van der Waals surface area (Å²) in [6.45, 7) is 2.96. The van der Waals surface area contributed by atoms with Crippen LogP contribution in [0.15, 0.2) is 24.3 Å². The van der Waals surface area contributed by atoms with Crippen molar-refractivity contribution < 1.29 is 9.53 Å². The zero-order valence-electron chi connectivity index (χ0n) is 11.4. The Balaban J connectivity index is 0.00000180. The highest BCUT2D eigenvalue weighted by Crippen LogP contribution is 2.25. The minimum absolute atomic E-state index is 0. The lowest BCUT2D eigenvalue weighted by molar-refractivity contribution is -0.122. The number of nitrogens with one attached hydrogen (secondary N) is 2. The van der Waals surface area contributed by atoms with Gasteiger partial charge in [-0.1, -0.05) is 13.0 Å². The molecule has 2 N–H and O–H groups in total. The molecule has 1 aliphatic heterocycles. The molecule has 0 radical (unpaired) electrons. The first-order valence-corrected chi connectivity index (χ1v) is 6.41. The fourth-order valence-corrected chi connectivity index (χ4v) is 2.41. The van der Waals surface area contributed by atoms with Gasteiger partial charge >= 0.3 is 0 Å². The van der Waals surface area contributed by atoms with Gasteiger partial charge in [0.25, 0.3) is 0 Å². The van der Waals surface area contributed by atoms with E-state index in [1.807, 2.05) is 31.2 Å². The van der Waals surface area contributed by atoms with Crippen LogP contribution in [0.1, 0.15) is 26.2 Å². The van der Waals surface area contributed by atoms with Gasteiger partial charge < -0.3 is 15.4 Å². The molecule has 5 heteroatoms. The fraction of sp³-hybridized carbons (Fsp3) is 0.500. The maximum atomic E-state index is 12.4. The molecular formula is C14H21ClN2O2. The standard InChI is InChI=1S/C14H20N2O2.ClH/c1-3-14(8-5-9-15-14)13(17)16-11-6-4-7-12(10-11)18-2;/h4,6-7,10,15H,3,5,8-9H2,1-2H3,(H,16,17);1H. The highest BCUT2D eigenvalue weighted by Gasteiger charge is 2.38. The predicted molar refractivity (Wildman–Crippen MR) is 79.1 cm³/mol. The molecule has 0 aromatic heterocycles. The quantitative estimate of drug-likeness (QED) is 0.893. The van der Waals surface area contributed by atoms with Gasteiger partial charge in [0, 0.05) is 11.8 Å². The summed E-state index contributed by atoms with van der Waals surface area (Å²) >= 11 is 0. The van der Waals surface area contributed by atoms with Gasteiger partial charge in [0.1, 0.15) is 5.75 Å². The number of amides is 1. The van der Waals surface area contributed by atoms with E-state index in [4.69, 9.17) is 4.74 Å². The summed E-state index contributed by atoms with van der Waals surface area (Å²) in [6, 6.07) is 7.43. The number of carbonyl (C=O) groups is 1. The number of halogens is 1. The third-order valence-electron chi connectivity index (χ3n) is 3.61. The van der Waals surface area contributed by atoms with E-state index in [2.05, 4.69) is 10.6 Å². The van der Waals surface area contributed by atoms with Crippen molar-refractivity contribution in [2.75, 3.05) is 19.0 Å². The lowest BCUT2D eigenvalue weighted by atomic mass is 9.93. The van der Waals surface area contributed by atoms with Gasteiger partial charge in [-0.05, 0) is 37.9 Å². The van der Waals surface area contributed by atoms with Crippen molar-refractivity contribution in [1.82, 2.24) is 5.32 Å². The second kappa shape index (κ2) is 6.78. The van der Waals surface area contributed by atoms with E-state index in [1.54, 1.807) is 7.11 Å². The van der Waals surface area contributed by atoms with E-state index in [0.717, 1.165) is 37.2 Å². The lowest BCUT2D eigenvalue weighted by Gasteiger charge is -2.26. The Bertz CT molecular complexity index is 431.